The molecule has 2 aromatic rings. The summed E-state index contributed by atoms with van der Waals surface area (Å²) < 4.78 is 10.6. The summed E-state index contributed by atoms with van der Waals surface area (Å²) >= 11 is 5.75. The van der Waals surface area contributed by atoms with E-state index in [9.17, 15) is 19.7 Å². The molecule has 0 spiro atoms. The topological polar surface area (TPSA) is 108 Å². The van der Waals surface area contributed by atoms with E-state index in [1.165, 1.54) is 38.4 Å². The Hall–Kier alpha value is -3.39. The van der Waals surface area contributed by atoms with Crippen LogP contribution in [0.15, 0.2) is 42.5 Å². The maximum atomic E-state index is 12.3. The first-order valence-electron chi connectivity index (χ1n) is 8.03. The van der Waals surface area contributed by atoms with Gasteiger partial charge in [-0.2, -0.15) is 0 Å². The van der Waals surface area contributed by atoms with Gasteiger partial charge < -0.3 is 14.8 Å². The molecule has 146 valence electrons. The largest absolute Gasteiger partial charge is 0.493 e. The SMILES string of the molecule is CNC(=O)COc1ccc(C=CC(=O)c2ccc(Cl)c([N+](=O)[O-])c2)cc1OC. The van der Waals surface area contributed by atoms with Crippen LogP contribution >= 0.6 is 11.6 Å². The van der Waals surface area contributed by atoms with E-state index in [0.29, 0.717) is 17.1 Å². The highest BCUT2D eigenvalue weighted by molar-refractivity contribution is 6.32. The molecule has 0 saturated heterocycles. The predicted octanol–water partition coefficient (Wildman–Crippen LogP) is 3.28. The Morgan fingerprint density at radius 2 is 1.96 bits per heavy atom. The molecule has 0 fully saturated rings. The Labute approximate surface area is 165 Å². The molecule has 0 heterocycles. The van der Waals surface area contributed by atoms with Gasteiger partial charge in [-0.1, -0.05) is 23.7 Å². The third-order valence-electron chi connectivity index (χ3n) is 3.68. The summed E-state index contributed by atoms with van der Waals surface area (Å²) in [5, 5.41) is 13.3. The quantitative estimate of drug-likeness (QED) is 0.313. The third-order valence-corrected chi connectivity index (χ3v) is 4.00. The molecule has 0 aromatic heterocycles. The molecule has 9 heteroatoms. The van der Waals surface area contributed by atoms with E-state index in [1.54, 1.807) is 18.2 Å². The number of ketones is 1. The molecule has 0 aliphatic rings. The highest BCUT2D eigenvalue weighted by Crippen LogP contribution is 2.29. The van der Waals surface area contributed by atoms with Gasteiger partial charge in [0.25, 0.3) is 11.6 Å². The summed E-state index contributed by atoms with van der Waals surface area (Å²) in [5.41, 5.74) is 0.450. The maximum Gasteiger partial charge on any atom is 0.288 e. The van der Waals surface area contributed by atoms with Crippen molar-refractivity contribution in [3.05, 3.63) is 68.7 Å². The molecule has 0 saturated carbocycles. The summed E-state index contributed by atoms with van der Waals surface area (Å²) in [7, 11) is 2.96. The second kappa shape index (κ2) is 9.52. The fraction of sp³-hybridized carbons (Fsp3) is 0.158. The molecule has 0 radical (unpaired) electrons. The molecule has 8 nitrogen and oxygen atoms in total. The van der Waals surface area contributed by atoms with Crippen LogP contribution in [-0.2, 0) is 4.79 Å². The average Bonchev–Trinajstić information content (AvgIpc) is 2.70. The van der Waals surface area contributed by atoms with Gasteiger partial charge in [0.2, 0.25) is 0 Å². The van der Waals surface area contributed by atoms with Crippen LogP contribution in [0.5, 0.6) is 11.5 Å². The van der Waals surface area contributed by atoms with Crippen LogP contribution in [0.2, 0.25) is 5.02 Å². The highest BCUT2D eigenvalue weighted by Gasteiger charge is 2.15. The molecular formula is C19H17ClN2O6. The van der Waals surface area contributed by atoms with E-state index in [4.69, 9.17) is 21.1 Å². The van der Waals surface area contributed by atoms with Crippen molar-refractivity contribution >= 4 is 35.1 Å². The van der Waals surface area contributed by atoms with E-state index in [0.717, 1.165) is 6.07 Å². The van der Waals surface area contributed by atoms with Crippen molar-refractivity contribution < 1.29 is 24.0 Å². The van der Waals surface area contributed by atoms with Crippen LogP contribution in [0.1, 0.15) is 15.9 Å². The van der Waals surface area contributed by atoms with Gasteiger partial charge >= 0.3 is 0 Å². The highest BCUT2D eigenvalue weighted by atomic mass is 35.5. The number of hydrogen-bond acceptors (Lipinski definition) is 6. The molecule has 2 aromatic carbocycles. The minimum absolute atomic E-state index is 0.0393. The lowest BCUT2D eigenvalue weighted by Gasteiger charge is -2.10. The zero-order valence-electron chi connectivity index (χ0n) is 15.1. The summed E-state index contributed by atoms with van der Waals surface area (Å²) in [4.78, 5) is 33.8. The maximum absolute atomic E-state index is 12.3. The van der Waals surface area contributed by atoms with Crippen LogP contribution in [0, 0.1) is 10.1 Å². The van der Waals surface area contributed by atoms with Gasteiger partial charge in [-0.25, -0.2) is 0 Å². The van der Waals surface area contributed by atoms with Crippen LogP contribution < -0.4 is 14.8 Å². The summed E-state index contributed by atoms with van der Waals surface area (Å²) in [5.74, 6) is 0.0656. The molecular weight excluding hydrogens is 388 g/mol. The van der Waals surface area contributed by atoms with E-state index in [1.807, 2.05) is 0 Å². The van der Waals surface area contributed by atoms with E-state index >= 15 is 0 Å². The standard InChI is InChI=1S/C19H17ClN2O6/c1-21-19(24)11-28-17-8-4-12(9-18(17)27-2)3-7-16(23)13-5-6-14(20)15(10-13)22(25)26/h3-10H,11H2,1-2H3,(H,21,24). The summed E-state index contributed by atoms with van der Waals surface area (Å²) in [6, 6.07) is 8.77. The number of carbonyl (C=O) groups excluding carboxylic acids is 2. The third kappa shape index (κ3) is 5.31. The number of amides is 1. The molecule has 28 heavy (non-hydrogen) atoms. The fourth-order valence-electron chi connectivity index (χ4n) is 2.20. The van der Waals surface area contributed by atoms with Gasteiger partial charge in [-0.3, -0.25) is 19.7 Å². The second-order valence-corrected chi connectivity index (χ2v) is 5.90. The number of methoxy groups -OCH3 is 1. The summed E-state index contributed by atoms with van der Waals surface area (Å²) in [6.07, 6.45) is 2.82. The Balaban J connectivity index is 2.17. The lowest BCUT2D eigenvalue weighted by molar-refractivity contribution is -0.384. The Kier molecular flexibility index (Phi) is 7.11. The van der Waals surface area contributed by atoms with Gasteiger partial charge in [0, 0.05) is 18.7 Å². The number of hydrogen-bond donors (Lipinski definition) is 1. The fourth-order valence-corrected chi connectivity index (χ4v) is 2.38. The zero-order valence-corrected chi connectivity index (χ0v) is 15.9. The average molecular weight is 405 g/mol. The number of likely N-dealkylation sites (N-methyl/N-ethyl adjacent to an activating group) is 1. The lowest BCUT2D eigenvalue weighted by Crippen LogP contribution is -2.24. The number of allylic oxidation sites excluding steroid dienone is 1. The van der Waals surface area contributed by atoms with Crippen LogP contribution in [-0.4, -0.2) is 37.4 Å². The molecule has 0 aliphatic heterocycles. The summed E-state index contributed by atoms with van der Waals surface area (Å²) in [6.45, 7) is -0.157. The number of nitro groups is 1. The van der Waals surface area contributed by atoms with Gasteiger partial charge in [-0.05, 0) is 35.9 Å². The van der Waals surface area contributed by atoms with Crippen LogP contribution in [0.4, 0.5) is 5.69 Å². The molecule has 0 atom stereocenters. The Morgan fingerprint density at radius 3 is 2.61 bits per heavy atom. The monoisotopic (exact) mass is 404 g/mol. The first kappa shape index (κ1) is 20.9. The minimum atomic E-state index is -0.648. The van der Waals surface area contributed by atoms with Crippen molar-refractivity contribution in [2.24, 2.45) is 0 Å². The molecule has 1 amide bonds. The molecule has 1 N–H and O–H groups in total. The Bertz CT molecular complexity index is 942. The van der Waals surface area contributed by atoms with Crippen LogP contribution in [0.25, 0.3) is 6.08 Å². The smallest absolute Gasteiger partial charge is 0.288 e. The minimum Gasteiger partial charge on any atom is -0.493 e. The lowest BCUT2D eigenvalue weighted by atomic mass is 10.1. The van der Waals surface area contributed by atoms with Gasteiger partial charge in [0.05, 0.1) is 12.0 Å². The molecule has 2 rings (SSSR count). The van der Waals surface area contributed by atoms with Crippen molar-refractivity contribution in [3.8, 4) is 11.5 Å². The van der Waals surface area contributed by atoms with E-state index < -0.39 is 10.7 Å². The number of benzene rings is 2. The zero-order chi connectivity index (χ0) is 20.7. The first-order valence-corrected chi connectivity index (χ1v) is 8.41. The number of carbonyl (C=O) groups is 2. The van der Waals surface area contributed by atoms with Crippen molar-refractivity contribution in [2.45, 2.75) is 0 Å². The normalized spacial score (nSPS) is 10.5. The number of ether oxygens (including phenoxy) is 2. The van der Waals surface area contributed by atoms with Gasteiger partial charge in [0.15, 0.2) is 23.9 Å². The number of nitro benzene ring substituents is 1. The van der Waals surface area contributed by atoms with Crippen molar-refractivity contribution in [3.63, 3.8) is 0 Å². The second-order valence-electron chi connectivity index (χ2n) is 5.49. The van der Waals surface area contributed by atoms with Crippen LogP contribution in [0.3, 0.4) is 0 Å². The van der Waals surface area contributed by atoms with E-state index in [2.05, 4.69) is 5.32 Å². The van der Waals surface area contributed by atoms with Crippen molar-refractivity contribution in [1.29, 1.82) is 0 Å². The number of nitrogens with one attached hydrogen (secondary N) is 1. The number of halogens is 1. The predicted molar refractivity (Wildman–Crippen MR) is 104 cm³/mol. The Morgan fingerprint density at radius 1 is 1.21 bits per heavy atom. The molecule has 0 bridgehead atoms. The van der Waals surface area contributed by atoms with Crippen molar-refractivity contribution in [1.82, 2.24) is 5.32 Å². The molecule has 0 unspecified atom stereocenters. The van der Waals surface area contributed by atoms with Crippen molar-refractivity contribution in [2.75, 3.05) is 20.8 Å². The number of nitrogens with zero attached hydrogens (tertiary/aromatic N) is 1. The van der Waals surface area contributed by atoms with Gasteiger partial charge in [0.1, 0.15) is 5.02 Å². The number of rotatable bonds is 8. The van der Waals surface area contributed by atoms with Gasteiger partial charge in [-0.15, -0.1) is 0 Å². The van der Waals surface area contributed by atoms with E-state index in [-0.39, 0.29) is 28.8 Å². The molecule has 0 aliphatic carbocycles. The first-order chi connectivity index (χ1) is 13.3.